The third kappa shape index (κ3) is 4.32. The maximum atomic E-state index is 13.2. The van der Waals surface area contributed by atoms with Gasteiger partial charge in [0.15, 0.2) is 0 Å². The molecular formula is C15H12FNO3S. The van der Waals surface area contributed by atoms with Crippen molar-refractivity contribution in [3.63, 3.8) is 0 Å². The molecule has 1 amide bonds. The van der Waals surface area contributed by atoms with Crippen LogP contribution in [0.3, 0.4) is 0 Å². The van der Waals surface area contributed by atoms with Crippen LogP contribution in [0.15, 0.2) is 53.4 Å². The number of hydrogen-bond acceptors (Lipinski definition) is 3. The van der Waals surface area contributed by atoms with Gasteiger partial charge >= 0.3 is 5.97 Å². The zero-order chi connectivity index (χ0) is 15.2. The number of aromatic carboxylic acids is 1. The molecule has 2 rings (SSSR count). The standard InChI is InChI=1S/C15H12FNO3S/c16-10-6-7-12(15(19)20)13(8-10)17-14(18)9-21-11-4-2-1-3-5-11/h1-8H,9H2,(H,17,18)(H,19,20). The first-order chi connectivity index (χ1) is 10.1. The van der Waals surface area contributed by atoms with Crippen LogP contribution in [0.25, 0.3) is 0 Å². The molecule has 0 atom stereocenters. The van der Waals surface area contributed by atoms with Gasteiger partial charge in [0.2, 0.25) is 5.91 Å². The lowest BCUT2D eigenvalue weighted by Crippen LogP contribution is -2.16. The van der Waals surface area contributed by atoms with Gasteiger partial charge in [0, 0.05) is 4.90 Å². The van der Waals surface area contributed by atoms with Gasteiger partial charge in [-0.05, 0) is 30.3 Å². The van der Waals surface area contributed by atoms with E-state index in [-0.39, 0.29) is 17.0 Å². The second-order valence-corrected chi connectivity index (χ2v) is 5.19. The first-order valence-corrected chi connectivity index (χ1v) is 7.05. The highest BCUT2D eigenvalue weighted by Gasteiger charge is 2.13. The van der Waals surface area contributed by atoms with Crippen LogP contribution in [-0.4, -0.2) is 22.7 Å². The molecule has 0 aliphatic carbocycles. The third-order valence-electron chi connectivity index (χ3n) is 2.60. The molecule has 0 bridgehead atoms. The summed E-state index contributed by atoms with van der Waals surface area (Å²) in [5.74, 6) is -2.11. The van der Waals surface area contributed by atoms with Gasteiger partial charge in [0.1, 0.15) is 5.82 Å². The Morgan fingerprint density at radius 3 is 2.52 bits per heavy atom. The Morgan fingerprint density at radius 1 is 1.14 bits per heavy atom. The summed E-state index contributed by atoms with van der Waals surface area (Å²) in [6, 6.07) is 12.5. The van der Waals surface area contributed by atoms with Crippen molar-refractivity contribution in [3.05, 3.63) is 59.9 Å². The fraction of sp³-hybridized carbons (Fsp3) is 0.0667. The summed E-state index contributed by atoms with van der Waals surface area (Å²) in [5, 5.41) is 11.4. The largest absolute Gasteiger partial charge is 0.478 e. The van der Waals surface area contributed by atoms with Crippen molar-refractivity contribution in [1.82, 2.24) is 0 Å². The van der Waals surface area contributed by atoms with Crippen LogP contribution >= 0.6 is 11.8 Å². The summed E-state index contributed by atoms with van der Waals surface area (Å²) in [5.41, 5.74) is -0.185. The number of carbonyl (C=O) groups is 2. The number of thioether (sulfide) groups is 1. The van der Waals surface area contributed by atoms with E-state index in [1.165, 1.54) is 11.8 Å². The summed E-state index contributed by atoms with van der Waals surface area (Å²) >= 11 is 1.31. The molecule has 0 heterocycles. The fourth-order valence-electron chi connectivity index (χ4n) is 1.66. The monoisotopic (exact) mass is 305 g/mol. The predicted molar refractivity (Wildman–Crippen MR) is 79.2 cm³/mol. The second-order valence-electron chi connectivity index (χ2n) is 4.14. The number of hydrogen-bond donors (Lipinski definition) is 2. The quantitative estimate of drug-likeness (QED) is 0.832. The van der Waals surface area contributed by atoms with E-state index in [2.05, 4.69) is 5.32 Å². The fourth-order valence-corrected chi connectivity index (χ4v) is 2.38. The van der Waals surface area contributed by atoms with E-state index in [4.69, 9.17) is 5.11 Å². The van der Waals surface area contributed by atoms with Crippen LogP contribution in [0.2, 0.25) is 0 Å². The number of nitrogens with one attached hydrogen (secondary N) is 1. The van der Waals surface area contributed by atoms with Gasteiger partial charge in [-0.25, -0.2) is 9.18 Å². The van der Waals surface area contributed by atoms with Gasteiger partial charge in [0.25, 0.3) is 0 Å². The van der Waals surface area contributed by atoms with E-state index >= 15 is 0 Å². The third-order valence-corrected chi connectivity index (χ3v) is 3.61. The maximum absolute atomic E-state index is 13.2. The number of benzene rings is 2. The number of carboxylic acids is 1. The minimum Gasteiger partial charge on any atom is -0.478 e. The van der Waals surface area contributed by atoms with Crippen LogP contribution in [0.5, 0.6) is 0 Å². The Hall–Kier alpha value is -2.34. The molecule has 0 saturated carbocycles. The molecule has 2 aromatic rings. The molecule has 0 saturated heterocycles. The van der Waals surface area contributed by atoms with Crippen molar-refractivity contribution in [3.8, 4) is 0 Å². The molecule has 4 nitrogen and oxygen atoms in total. The molecule has 108 valence electrons. The van der Waals surface area contributed by atoms with E-state index in [1.807, 2.05) is 30.3 Å². The average Bonchev–Trinajstić information content (AvgIpc) is 2.46. The van der Waals surface area contributed by atoms with E-state index in [0.717, 1.165) is 23.1 Å². The van der Waals surface area contributed by atoms with Crippen molar-refractivity contribution in [2.75, 3.05) is 11.1 Å². The second kappa shape index (κ2) is 6.90. The minimum atomic E-state index is -1.22. The summed E-state index contributed by atoms with van der Waals surface area (Å²) in [4.78, 5) is 23.8. The smallest absolute Gasteiger partial charge is 0.337 e. The highest BCUT2D eigenvalue weighted by atomic mass is 32.2. The maximum Gasteiger partial charge on any atom is 0.337 e. The van der Waals surface area contributed by atoms with E-state index < -0.39 is 17.7 Å². The Labute approximate surface area is 125 Å². The van der Waals surface area contributed by atoms with Crippen LogP contribution in [0, 0.1) is 5.82 Å². The molecular weight excluding hydrogens is 293 g/mol. The normalized spacial score (nSPS) is 10.1. The number of halogens is 1. The molecule has 0 unspecified atom stereocenters. The molecule has 0 aromatic heterocycles. The van der Waals surface area contributed by atoms with Crippen LogP contribution in [0.1, 0.15) is 10.4 Å². The van der Waals surface area contributed by atoms with Crippen molar-refractivity contribution < 1.29 is 19.1 Å². The first kappa shape index (κ1) is 15.1. The highest BCUT2D eigenvalue weighted by Crippen LogP contribution is 2.20. The van der Waals surface area contributed by atoms with Gasteiger partial charge in [-0.2, -0.15) is 0 Å². The van der Waals surface area contributed by atoms with E-state index in [1.54, 1.807) is 0 Å². The predicted octanol–water partition coefficient (Wildman–Crippen LogP) is 3.25. The molecule has 0 spiro atoms. The van der Waals surface area contributed by atoms with Gasteiger partial charge in [0.05, 0.1) is 17.0 Å². The lowest BCUT2D eigenvalue weighted by Gasteiger charge is -2.08. The molecule has 21 heavy (non-hydrogen) atoms. The highest BCUT2D eigenvalue weighted by molar-refractivity contribution is 8.00. The number of anilines is 1. The minimum absolute atomic E-state index is 0.0406. The Morgan fingerprint density at radius 2 is 1.86 bits per heavy atom. The Kier molecular flexibility index (Phi) is 4.94. The Bertz CT molecular complexity index is 661. The zero-order valence-corrected chi connectivity index (χ0v) is 11.7. The summed E-state index contributed by atoms with van der Waals surface area (Å²) in [6.45, 7) is 0. The molecule has 0 aliphatic heterocycles. The van der Waals surface area contributed by atoms with Gasteiger partial charge in [-0.15, -0.1) is 11.8 Å². The SMILES string of the molecule is O=C(CSc1ccccc1)Nc1cc(F)ccc1C(=O)O. The number of rotatable bonds is 5. The zero-order valence-electron chi connectivity index (χ0n) is 10.9. The van der Waals surface area contributed by atoms with Crippen molar-refractivity contribution in [1.29, 1.82) is 0 Å². The van der Waals surface area contributed by atoms with Crippen LogP contribution < -0.4 is 5.32 Å². The van der Waals surface area contributed by atoms with E-state index in [0.29, 0.717) is 0 Å². The summed E-state index contributed by atoms with van der Waals surface area (Å²) in [6.07, 6.45) is 0. The van der Waals surface area contributed by atoms with Gasteiger partial charge < -0.3 is 10.4 Å². The lowest BCUT2D eigenvalue weighted by molar-refractivity contribution is -0.113. The van der Waals surface area contributed by atoms with Crippen molar-refractivity contribution in [2.45, 2.75) is 4.90 Å². The molecule has 0 fully saturated rings. The molecule has 2 aromatic carbocycles. The van der Waals surface area contributed by atoms with Crippen LogP contribution in [0.4, 0.5) is 10.1 Å². The summed E-state index contributed by atoms with van der Waals surface area (Å²) < 4.78 is 13.2. The van der Waals surface area contributed by atoms with Crippen molar-refractivity contribution >= 4 is 29.3 Å². The summed E-state index contributed by atoms with van der Waals surface area (Å²) in [7, 11) is 0. The molecule has 2 N–H and O–H groups in total. The molecule has 6 heteroatoms. The first-order valence-electron chi connectivity index (χ1n) is 6.07. The molecule has 0 radical (unpaired) electrons. The van der Waals surface area contributed by atoms with E-state index in [9.17, 15) is 14.0 Å². The van der Waals surface area contributed by atoms with Gasteiger partial charge in [-0.3, -0.25) is 4.79 Å². The number of carbonyl (C=O) groups excluding carboxylic acids is 1. The number of carboxylic acid groups (broad SMARTS) is 1. The number of amides is 1. The lowest BCUT2D eigenvalue weighted by atomic mass is 10.1. The Balaban J connectivity index is 2.02. The van der Waals surface area contributed by atoms with Crippen molar-refractivity contribution in [2.24, 2.45) is 0 Å². The van der Waals surface area contributed by atoms with Crippen LogP contribution in [-0.2, 0) is 4.79 Å². The topological polar surface area (TPSA) is 66.4 Å². The average molecular weight is 305 g/mol. The van der Waals surface area contributed by atoms with Gasteiger partial charge in [-0.1, -0.05) is 18.2 Å². The molecule has 0 aliphatic rings.